The molecule has 1 heterocycles. The van der Waals surface area contributed by atoms with Crippen LogP contribution in [0.3, 0.4) is 0 Å². The summed E-state index contributed by atoms with van der Waals surface area (Å²) in [6.45, 7) is 6.87. The lowest BCUT2D eigenvalue weighted by Crippen LogP contribution is -2.43. The molecule has 134 valence electrons. The molecule has 1 saturated heterocycles. The molecule has 6 nitrogen and oxygen atoms in total. The SMILES string of the molecule is CC(C)N1CCC(CNC(=O)C(=O)Nc2cc(Cl)ccc2C#N)CC1. The number of carbonyl (C=O) groups excluding carboxylic acids is 2. The molecule has 0 saturated carbocycles. The number of piperidine rings is 1. The molecule has 0 unspecified atom stereocenters. The summed E-state index contributed by atoms with van der Waals surface area (Å²) in [4.78, 5) is 26.4. The first-order chi connectivity index (χ1) is 11.9. The van der Waals surface area contributed by atoms with E-state index in [-0.39, 0.29) is 11.3 Å². The van der Waals surface area contributed by atoms with Crippen molar-refractivity contribution in [2.24, 2.45) is 5.92 Å². The maximum atomic E-state index is 12.0. The van der Waals surface area contributed by atoms with Crippen molar-refractivity contribution in [2.75, 3.05) is 25.0 Å². The van der Waals surface area contributed by atoms with Crippen LogP contribution in [0.1, 0.15) is 32.3 Å². The Labute approximate surface area is 153 Å². The van der Waals surface area contributed by atoms with Gasteiger partial charge in [0, 0.05) is 17.6 Å². The van der Waals surface area contributed by atoms with Gasteiger partial charge in [-0.25, -0.2) is 0 Å². The standard InChI is InChI=1S/C18H23ClN4O2/c1-12(2)23-7-5-13(6-8-23)11-21-17(24)18(25)22-16-9-15(19)4-3-14(16)10-20/h3-4,9,12-13H,5-8,11H2,1-2H3,(H,21,24)(H,22,25). The van der Waals surface area contributed by atoms with E-state index in [0.717, 1.165) is 25.9 Å². The highest BCUT2D eigenvalue weighted by Crippen LogP contribution is 2.20. The Hall–Kier alpha value is -2.10. The van der Waals surface area contributed by atoms with Crippen LogP contribution in [0.25, 0.3) is 0 Å². The number of benzene rings is 1. The third-order valence-corrected chi connectivity index (χ3v) is 4.72. The van der Waals surface area contributed by atoms with Crippen LogP contribution in [-0.4, -0.2) is 42.4 Å². The second kappa shape index (κ2) is 8.84. The lowest BCUT2D eigenvalue weighted by Gasteiger charge is -2.34. The molecule has 1 aliphatic heterocycles. The third-order valence-electron chi connectivity index (χ3n) is 4.49. The zero-order chi connectivity index (χ0) is 18.4. The van der Waals surface area contributed by atoms with E-state index in [1.807, 2.05) is 6.07 Å². The maximum Gasteiger partial charge on any atom is 0.313 e. The molecule has 2 rings (SSSR count). The first-order valence-corrected chi connectivity index (χ1v) is 8.81. The van der Waals surface area contributed by atoms with E-state index in [1.165, 1.54) is 12.1 Å². The Morgan fingerprint density at radius 3 is 2.60 bits per heavy atom. The number of carbonyl (C=O) groups is 2. The molecule has 0 spiro atoms. The van der Waals surface area contributed by atoms with Gasteiger partial charge in [-0.15, -0.1) is 0 Å². The summed E-state index contributed by atoms with van der Waals surface area (Å²) in [7, 11) is 0. The van der Waals surface area contributed by atoms with E-state index < -0.39 is 11.8 Å². The molecule has 0 aromatic heterocycles. The summed E-state index contributed by atoms with van der Waals surface area (Å²) >= 11 is 5.87. The minimum atomic E-state index is -0.793. The van der Waals surface area contributed by atoms with Crippen molar-refractivity contribution in [3.63, 3.8) is 0 Å². The minimum Gasteiger partial charge on any atom is -0.348 e. The van der Waals surface area contributed by atoms with Crippen molar-refractivity contribution in [3.05, 3.63) is 28.8 Å². The Bertz CT molecular complexity index is 676. The van der Waals surface area contributed by atoms with Crippen LogP contribution >= 0.6 is 11.6 Å². The van der Waals surface area contributed by atoms with Gasteiger partial charge in [0.05, 0.1) is 11.3 Å². The second-order valence-corrected chi connectivity index (χ2v) is 6.98. The molecule has 7 heteroatoms. The van der Waals surface area contributed by atoms with Gasteiger partial charge < -0.3 is 15.5 Å². The number of anilines is 1. The predicted octanol–water partition coefficient (Wildman–Crippen LogP) is 2.39. The lowest BCUT2D eigenvalue weighted by atomic mass is 9.96. The molecular weight excluding hydrogens is 340 g/mol. The Morgan fingerprint density at radius 1 is 1.32 bits per heavy atom. The fourth-order valence-corrected chi connectivity index (χ4v) is 3.06. The van der Waals surface area contributed by atoms with Gasteiger partial charge >= 0.3 is 11.8 Å². The largest absolute Gasteiger partial charge is 0.348 e. The van der Waals surface area contributed by atoms with Crippen LogP contribution in [0.5, 0.6) is 0 Å². The third kappa shape index (κ3) is 5.45. The van der Waals surface area contributed by atoms with Crippen molar-refractivity contribution >= 4 is 29.1 Å². The molecule has 25 heavy (non-hydrogen) atoms. The minimum absolute atomic E-state index is 0.236. The highest BCUT2D eigenvalue weighted by Gasteiger charge is 2.22. The number of likely N-dealkylation sites (tertiary alicyclic amines) is 1. The van der Waals surface area contributed by atoms with E-state index >= 15 is 0 Å². The van der Waals surface area contributed by atoms with Gasteiger partial charge in [0.1, 0.15) is 6.07 Å². The monoisotopic (exact) mass is 362 g/mol. The number of nitrogens with zero attached hydrogens (tertiary/aromatic N) is 2. The maximum absolute atomic E-state index is 12.0. The van der Waals surface area contributed by atoms with E-state index in [4.69, 9.17) is 16.9 Å². The van der Waals surface area contributed by atoms with Gasteiger partial charge in [-0.2, -0.15) is 5.26 Å². The average Bonchev–Trinajstić information content (AvgIpc) is 2.60. The summed E-state index contributed by atoms with van der Waals surface area (Å²) in [5, 5.41) is 14.6. The molecule has 2 N–H and O–H groups in total. The summed E-state index contributed by atoms with van der Waals surface area (Å²) < 4.78 is 0. The smallest absolute Gasteiger partial charge is 0.313 e. The van der Waals surface area contributed by atoms with Gasteiger partial charge in [0.15, 0.2) is 0 Å². The average molecular weight is 363 g/mol. The van der Waals surface area contributed by atoms with E-state index in [0.29, 0.717) is 23.5 Å². The highest BCUT2D eigenvalue weighted by molar-refractivity contribution is 6.40. The Balaban J connectivity index is 1.83. The normalized spacial score (nSPS) is 15.6. The first-order valence-electron chi connectivity index (χ1n) is 8.43. The molecule has 2 amide bonds. The molecule has 0 atom stereocenters. The number of halogens is 1. The topological polar surface area (TPSA) is 85.2 Å². The molecule has 1 aliphatic rings. The summed E-state index contributed by atoms with van der Waals surface area (Å²) in [5.41, 5.74) is 0.493. The van der Waals surface area contributed by atoms with Crippen molar-refractivity contribution in [1.29, 1.82) is 5.26 Å². The Kier molecular flexibility index (Phi) is 6.80. The Morgan fingerprint density at radius 2 is 2.00 bits per heavy atom. The number of nitrogens with one attached hydrogen (secondary N) is 2. The zero-order valence-electron chi connectivity index (χ0n) is 14.5. The van der Waals surface area contributed by atoms with Crippen molar-refractivity contribution in [2.45, 2.75) is 32.7 Å². The fourth-order valence-electron chi connectivity index (χ4n) is 2.89. The van der Waals surface area contributed by atoms with Crippen molar-refractivity contribution in [3.8, 4) is 6.07 Å². The molecule has 0 bridgehead atoms. The van der Waals surface area contributed by atoms with Gasteiger partial charge in [-0.1, -0.05) is 11.6 Å². The molecule has 1 aromatic rings. The number of nitriles is 1. The van der Waals surface area contributed by atoms with E-state index in [9.17, 15) is 9.59 Å². The van der Waals surface area contributed by atoms with Crippen LogP contribution in [0.15, 0.2) is 18.2 Å². The molecule has 0 radical (unpaired) electrons. The number of amides is 2. The van der Waals surface area contributed by atoms with Crippen molar-refractivity contribution < 1.29 is 9.59 Å². The summed E-state index contributed by atoms with van der Waals surface area (Å²) in [6, 6.07) is 6.99. The lowest BCUT2D eigenvalue weighted by molar-refractivity contribution is -0.136. The van der Waals surface area contributed by atoms with Crippen LogP contribution in [-0.2, 0) is 9.59 Å². The van der Waals surface area contributed by atoms with Gasteiger partial charge in [-0.3, -0.25) is 9.59 Å². The van der Waals surface area contributed by atoms with E-state index in [1.54, 1.807) is 6.07 Å². The molecule has 0 aliphatic carbocycles. The van der Waals surface area contributed by atoms with Gasteiger partial charge in [-0.05, 0) is 63.9 Å². The molecular formula is C18H23ClN4O2. The van der Waals surface area contributed by atoms with Crippen molar-refractivity contribution in [1.82, 2.24) is 10.2 Å². The number of rotatable bonds is 4. The van der Waals surface area contributed by atoms with Crippen LogP contribution in [0, 0.1) is 17.2 Å². The first kappa shape index (κ1) is 19.2. The number of hydrogen-bond acceptors (Lipinski definition) is 4. The zero-order valence-corrected chi connectivity index (χ0v) is 15.3. The molecule has 1 aromatic carbocycles. The van der Waals surface area contributed by atoms with Crippen LogP contribution < -0.4 is 10.6 Å². The quantitative estimate of drug-likeness (QED) is 0.805. The van der Waals surface area contributed by atoms with E-state index in [2.05, 4.69) is 29.4 Å². The summed E-state index contributed by atoms with van der Waals surface area (Å²) in [5.74, 6) is -1.11. The molecule has 1 fully saturated rings. The van der Waals surface area contributed by atoms with Gasteiger partial charge in [0.2, 0.25) is 0 Å². The second-order valence-electron chi connectivity index (χ2n) is 6.54. The predicted molar refractivity (Wildman–Crippen MR) is 97.2 cm³/mol. The highest BCUT2D eigenvalue weighted by atomic mass is 35.5. The number of hydrogen-bond donors (Lipinski definition) is 2. The summed E-state index contributed by atoms with van der Waals surface area (Å²) in [6.07, 6.45) is 2.01. The van der Waals surface area contributed by atoms with Crippen LogP contribution in [0.4, 0.5) is 5.69 Å². The van der Waals surface area contributed by atoms with Crippen LogP contribution in [0.2, 0.25) is 5.02 Å². The van der Waals surface area contributed by atoms with Gasteiger partial charge in [0.25, 0.3) is 0 Å². The fraction of sp³-hybridized carbons (Fsp3) is 0.500.